The molecule has 3 N–H and O–H groups in total. The number of halogens is 1. The SMILES string of the molecule is O=C(NNc1ncnc(NC2CCCC2)c1[N+](=O)[O-])c1ccc(Br)cc1. The van der Waals surface area contributed by atoms with Crippen molar-refractivity contribution in [2.75, 3.05) is 10.7 Å². The summed E-state index contributed by atoms with van der Waals surface area (Å²) in [6, 6.07) is 6.87. The highest BCUT2D eigenvalue weighted by Crippen LogP contribution is 2.31. The topological polar surface area (TPSA) is 122 Å². The number of rotatable bonds is 6. The third-order valence-corrected chi connectivity index (χ3v) is 4.63. The van der Waals surface area contributed by atoms with Gasteiger partial charge in [0.1, 0.15) is 6.33 Å². The van der Waals surface area contributed by atoms with Crippen LogP contribution in [0.3, 0.4) is 0 Å². The summed E-state index contributed by atoms with van der Waals surface area (Å²) in [7, 11) is 0. The Bertz CT molecular complexity index is 808. The fourth-order valence-corrected chi connectivity index (χ4v) is 3.07. The summed E-state index contributed by atoms with van der Waals surface area (Å²) >= 11 is 3.29. The summed E-state index contributed by atoms with van der Waals surface area (Å²) in [6.45, 7) is 0. The Morgan fingerprint density at radius 2 is 1.81 bits per heavy atom. The molecule has 10 heteroatoms. The smallest absolute Gasteiger partial charge is 0.354 e. The van der Waals surface area contributed by atoms with Crippen molar-refractivity contribution >= 4 is 39.2 Å². The number of hydrogen-bond acceptors (Lipinski definition) is 7. The second kappa shape index (κ2) is 8.09. The Balaban J connectivity index is 1.75. The lowest BCUT2D eigenvalue weighted by molar-refractivity contribution is -0.383. The first-order valence-corrected chi connectivity index (χ1v) is 8.92. The molecule has 0 saturated heterocycles. The van der Waals surface area contributed by atoms with Gasteiger partial charge in [-0.15, -0.1) is 0 Å². The zero-order chi connectivity index (χ0) is 18.5. The molecule has 0 bridgehead atoms. The molecule has 0 unspecified atom stereocenters. The monoisotopic (exact) mass is 420 g/mol. The van der Waals surface area contributed by atoms with Crippen LogP contribution in [0.15, 0.2) is 35.1 Å². The minimum atomic E-state index is -0.564. The van der Waals surface area contributed by atoms with E-state index in [0.29, 0.717) is 5.56 Å². The molecule has 1 fully saturated rings. The average Bonchev–Trinajstić information content (AvgIpc) is 3.13. The first-order valence-electron chi connectivity index (χ1n) is 8.12. The zero-order valence-electron chi connectivity index (χ0n) is 13.7. The van der Waals surface area contributed by atoms with Crippen molar-refractivity contribution in [3.8, 4) is 0 Å². The van der Waals surface area contributed by atoms with Gasteiger partial charge in [-0.2, -0.15) is 0 Å². The maximum absolute atomic E-state index is 12.2. The summed E-state index contributed by atoms with van der Waals surface area (Å²) in [5.74, 6) is -0.357. The zero-order valence-corrected chi connectivity index (χ0v) is 15.3. The Kier molecular flexibility index (Phi) is 5.61. The normalized spacial score (nSPS) is 14.0. The van der Waals surface area contributed by atoms with Gasteiger partial charge in [-0.3, -0.25) is 25.8 Å². The molecule has 3 rings (SSSR count). The number of nitro groups is 1. The molecule has 1 aromatic heterocycles. The predicted molar refractivity (Wildman–Crippen MR) is 99.8 cm³/mol. The third kappa shape index (κ3) is 4.26. The van der Waals surface area contributed by atoms with Gasteiger partial charge in [0.15, 0.2) is 0 Å². The van der Waals surface area contributed by atoms with Crippen molar-refractivity contribution in [2.45, 2.75) is 31.7 Å². The molecular weight excluding hydrogens is 404 g/mol. The molecule has 1 aliphatic carbocycles. The van der Waals surface area contributed by atoms with Gasteiger partial charge in [-0.1, -0.05) is 28.8 Å². The van der Waals surface area contributed by atoms with Crippen LogP contribution in [-0.2, 0) is 0 Å². The number of amides is 1. The Morgan fingerprint density at radius 3 is 2.46 bits per heavy atom. The van der Waals surface area contributed by atoms with Crippen LogP contribution in [-0.4, -0.2) is 26.8 Å². The van der Waals surface area contributed by atoms with Crippen LogP contribution in [0.2, 0.25) is 0 Å². The van der Waals surface area contributed by atoms with Gasteiger partial charge in [-0.05, 0) is 37.1 Å². The predicted octanol–water partition coefficient (Wildman–Crippen LogP) is 3.26. The van der Waals surface area contributed by atoms with Crippen LogP contribution in [0.1, 0.15) is 36.0 Å². The molecule has 1 saturated carbocycles. The summed E-state index contributed by atoms with van der Waals surface area (Å²) in [5.41, 5.74) is 5.06. The number of nitrogens with zero attached hydrogens (tertiary/aromatic N) is 3. The molecule has 1 heterocycles. The molecule has 1 aromatic carbocycles. The molecule has 136 valence electrons. The van der Waals surface area contributed by atoms with Crippen molar-refractivity contribution in [3.05, 3.63) is 50.7 Å². The number of carbonyl (C=O) groups excluding carboxylic acids is 1. The maximum Gasteiger partial charge on any atom is 0.354 e. The van der Waals surface area contributed by atoms with Crippen LogP contribution in [0, 0.1) is 10.1 Å². The summed E-state index contributed by atoms with van der Waals surface area (Å²) in [4.78, 5) is 31.0. The van der Waals surface area contributed by atoms with E-state index in [2.05, 4.69) is 42.1 Å². The van der Waals surface area contributed by atoms with E-state index in [9.17, 15) is 14.9 Å². The maximum atomic E-state index is 12.2. The van der Waals surface area contributed by atoms with Crippen molar-refractivity contribution < 1.29 is 9.72 Å². The number of carbonyl (C=O) groups is 1. The van der Waals surface area contributed by atoms with Crippen LogP contribution >= 0.6 is 15.9 Å². The van der Waals surface area contributed by atoms with Crippen molar-refractivity contribution in [1.82, 2.24) is 15.4 Å². The van der Waals surface area contributed by atoms with E-state index in [0.717, 1.165) is 30.2 Å². The fourth-order valence-electron chi connectivity index (χ4n) is 2.80. The fraction of sp³-hybridized carbons (Fsp3) is 0.312. The average molecular weight is 421 g/mol. The number of hydrogen-bond donors (Lipinski definition) is 3. The number of aromatic nitrogens is 2. The van der Waals surface area contributed by atoms with Crippen molar-refractivity contribution in [2.24, 2.45) is 0 Å². The highest BCUT2D eigenvalue weighted by Gasteiger charge is 2.26. The summed E-state index contributed by atoms with van der Waals surface area (Å²) in [5, 5.41) is 14.6. The molecular formula is C16H17BrN6O3. The second-order valence-electron chi connectivity index (χ2n) is 5.89. The van der Waals surface area contributed by atoms with Gasteiger partial charge in [0.05, 0.1) is 4.92 Å². The third-order valence-electron chi connectivity index (χ3n) is 4.10. The number of anilines is 2. The first kappa shape index (κ1) is 18.1. The van der Waals surface area contributed by atoms with E-state index in [1.165, 1.54) is 6.33 Å². The minimum Gasteiger partial charge on any atom is -0.361 e. The summed E-state index contributed by atoms with van der Waals surface area (Å²) in [6.07, 6.45) is 5.29. The van der Waals surface area contributed by atoms with Gasteiger partial charge >= 0.3 is 5.69 Å². The van der Waals surface area contributed by atoms with Crippen molar-refractivity contribution in [3.63, 3.8) is 0 Å². The molecule has 0 spiro atoms. The Labute approximate surface area is 157 Å². The van der Waals surface area contributed by atoms with Crippen molar-refractivity contribution in [1.29, 1.82) is 0 Å². The number of benzene rings is 1. The highest BCUT2D eigenvalue weighted by molar-refractivity contribution is 9.10. The largest absolute Gasteiger partial charge is 0.361 e. The van der Waals surface area contributed by atoms with E-state index in [1.54, 1.807) is 24.3 Å². The first-order chi connectivity index (χ1) is 12.5. The lowest BCUT2D eigenvalue weighted by Gasteiger charge is -2.14. The standard InChI is InChI=1S/C16H17BrN6O3/c17-11-7-5-10(6-8-11)16(24)22-21-15-13(23(25)26)14(18-9-19-15)20-12-3-1-2-4-12/h5-9,12H,1-4H2,(H,22,24)(H2,18,19,20,21). The minimum absolute atomic E-state index is 0.0732. The molecule has 1 amide bonds. The molecule has 0 aliphatic heterocycles. The van der Waals surface area contributed by atoms with Gasteiger partial charge in [-0.25, -0.2) is 9.97 Å². The van der Waals surface area contributed by atoms with E-state index >= 15 is 0 Å². The number of nitrogens with one attached hydrogen (secondary N) is 3. The molecule has 0 atom stereocenters. The molecule has 2 aromatic rings. The highest BCUT2D eigenvalue weighted by atomic mass is 79.9. The van der Waals surface area contributed by atoms with Gasteiger partial charge in [0, 0.05) is 16.1 Å². The van der Waals surface area contributed by atoms with Crippen LogP contribution in [0.25, 0.3) is 0 Å². The quantitative estimate of drug-likeness (QED) is 0.483. The molecule has 9 nitrogen and oxygen atoms in total. The lowest BCUT2D eigenvalue weighted by Crippen LogP contribution is -2.30. The summed E-state index contributed by atoms with van der Waals surface area (Å²) < 4.78 is 0.844. The molecule has 26 heavy (non-hydrogen) atoms. The van der Waals surface area contributed by atoms with E-state index in [4.69, 9.17) is 0 Å². The van der Waals surface area contributed by atoms with Gasteiger partial charge in [0.25, 0.3) is 5.91 Å². The van der Waals surface area contributed by atoms with Crippen LogP contribution in [0.4, 0.5) is 17.3 Å². The van der Waals surface area contributed by atoms with Crippen LogP contribution < -0.4 is 16.2 Å². The van der Waals surface area contributed by atoms with Gasteiger partial charge < -0.3 is 5.32 Å². The second-order valence-corrected chi connectivity index (χ2v) is 6.80. The number of hydrazine groups is 1. The van der Waals surface area contributed by atoms with E-state index in [-0.39, 0.29) is 23.4 Å². The van der Waals surface area contributed by atoms with E-state index < -0.39 is 10.8 Å². The Morgan fingerprint density at radius 1 is 1.15 bits per heavy atom. The molecule has 1 aliphatic rings. The van der Waals surface area contributed by atoms with Gasteiger partial charge in [0.2, 0.25) is 11.6 Å². The molecule has 0 radical (unpaired) electrons. The lowest BCUT2D eigenvalue weighted by atomic mass is 10.2. The Hall–Kier alpha value is -2.75. The van der Waals surface area contributed by atoms with E-state index in [1.807, 2.05) is 0 Å². The van der Waals surface area contributed by atoms with Crippen LogP contribution in [0.5, 0.6) is 0 Å².